The summed E-state index contributed by atoms with van der Waals surface area (Å²) in [6.07, 6.45) is 1.88. The minimum atomic E-state index is -0.0319. The number of carbonyl (C=O) groups is 1. The van der Waals surface area contributed by atoms with E-state index in [1.807, 2.05) is 26.2 Å². The fraction of sp³-hybridized carbons (Fsp3) is 0.522. The molecule has 8 nitrogen and oxygen atoms in total. The molecule has 1 aromatic carbocycles. The molecule has 0 unspecified atom stereocenters. The molecule has 0 radical (unpaired) electrons. The van der Waals surface area contributed by atoms with Crippen LogP contribution >= 0.6 is 0 Å². The zero-order valence-electron chi connectivity index (χ0n) is 18.5. The number of aromatic nitrogens is 2. The van der Waals surface area contributed by atoms with E-state index in [-0.39, 0.29) is 11.8 Å². The smallest absolute Gasteiger partial charge is 0.225 e. The summed E-state index contributed by atoms with van der Waals surface area (Å²) < 4.78 is 5.40. The lowest BCUT2D eigenvalue weighted by Crippen LogP contribution is -2.43. The van der Waals surface area contributed by atoms with Crippen LogP contribution in [0.25, 0.3) is 0 Å². The normalized spacial score (nSPS) is 19.2. The molecule has 1 N–H and O–H groups in total. The Labute approximate surface area is 184 Å². The van der Waals surface area contributed by atoms with Gasteiger partial charge in [-0.2, -0.15) is 0 Å². The Morgan fingerprint density at radius 1 is 1.03 bits per heavy atom. The standard InChI is InChI=1S/C23H32N6O2/c1-27(2)20-7-5-18(6-8-20)16-24-23(30)19-4-3-11-29(17-19)22-10-9-21(25-26-22)28-12-14-31-15-13-28/h5-10,19H,3-4,11-17H2,1-2H3,(H,24,30)/t19-/m1/s1. The number of anilines is 3. The van der Waals surface area contributed by atoms with Gasteiger partial charge in [0.2, 0.25) is 5.91 Å². The first-order chi connectivity index (χ1) is 15.1. The molecule has 1 aromatic heterocycles. The molecule has 2 aliphatic heterocycles. The average molecular weight is 425 g/mol. The average Bonchev–Trinajstić information content (AvgIpc) is 2.83. The molecule has 3 heterocycles. The van der Waals surface area contributed by atoms with Crippen molar-refractivity contribution in [3.05, 3.63) is 42.0 Å². The maximum atomic E-state index is 12.8. The monoisotopic (exact) mass is 424 g/mol. The second-order valence-electron chi connectivity index (χ2n) is 8.41. The largest absolute Gasteiger partial charge is 0.378 e. The molecule has 8 heteroatoms. The number of hydrogen-bond acceptors (Lipinski definition) is 7. The van der Waals surface area contributed by atoms with Gasteiger partial charge in [0.1, 0.15) is 0 Å². The van der Waals surface area contributed by atoms with Crippen LogP contribution in [0.15, 0.2) is 36.4 Å². The summed E-state index contributed by atoms with van der Waals surface area (Å²) in [6.45, 7) is 5.28. The van der Waals surface area contributed by atoms with Crippen LogP contribution in [-0.4, -0.2) is 69.6 Å². The summed E-state index contributed by atoms with van der Waals surface area (Å²) in [5, 5.41) is 12.0. The minimum absolute atomic E-state index is 0.0319. The molecule has 31 heavy (non-hydrogen) atoms. The van der Waals surface area contributed by atoms with Crippen molar-refractivity contribution in [2.24, 2.45) is 5.92 Å². The van der Waals surface area contributed by atoms with Crippen molar-refractivity contribution in [3.63, 3.8) is 0 Å². The fourth-order valence-corrected chi connectivity index (χ4v) is 4.09. The first kappa shape index (κ1) is 21.4. The first-order valence-corrected chi connectivity index (χ1v) is 11.1. The van der Waals surface area contributed by atoms with Gasteiger partial charge in [-0.3, -0.25) is 4.79 Å². The number of ether oxygens (including phenoxy) is 1. The van der Waals surface area contributed by atoms with Crippen molar-refractivity contribution in [3.8, 4) is 0 Å². The lowest BCUT2D eigenvalue weighted by atomic mass is 9.97. The predicted molar refractivity (Wildman–Crippen MR) is 123 cm³/mol. The van der Waals surface area contributed by atoms with E-state index in [0.29, 0.717) is 13.1 Å². The highest BCUT2D eigenvalue weighted by Crippen LogP contribution is 2.23. The number of nitrogens with zero attached hydrogens (tertiary/aromatic N) is 5. The Bertz CT molecular complexity index is 849. The maximum Gasteiger partial charge on any atom is 0.225 e. The summed E-state index contributed by atoms with van der Waals surface area (Å²) >= 11 is 0. The summed E-state index contributed by atoms with van der Waals surface area (Å²) in [4.78, 5) is 19.2. The lowest BCUT2D eigenvalue weighted by molar-refractivity contribution is -0.125. The Morgan fingerprint density at radius 3 is 2.35 bits per heavy atom. The van der Waals surface area contributed by atoms with Crippen molar-refractivity contribution < 1.29 is 9.53 Å². The zero-order valence-corrected chi connectivity index (χ0v) is 18.5. The van der Waals surface area contributed by atoms with E-state index in [1.54, 1.807) is 0 Å². The number of carbonyl (C=O) groups excluding carboxylic acids is 1. The van der Waals surface area contributed by atoms with Gasteiger partial charge in [-0.25, -0.2) is 0 Å². The number of hydrogen-bond donors (Lipinski definition) is 1. The van der Waals surface area contributed by atoms with Gasteiger partial charge in [0.15, 0.2) is 11.6 Å². The Kier molecular flexibility index (Phi) is 6.86. The van der Waals surface area contributed by atoms with Crippen LogP contribution < -0.4 is 20.0 Å². The number of benzene rings is 1. The SMILES string of the molecule is CN(C)c1ccc(CNC(=O)[C@@H]2CCCN(c3ccc(N4CCOCC4)nn3)C2)cc1. The summed E-state index contributed by atoms with van der Waals surface area (Å²) in [5.41, 5.74) is 2.26. The number of nitrogens with one attached hydrogen (secondary N) is 1. The summed E-state index contributed by atoms with van der Waals surface area (Å²) in [5.74, 6) is 1.81. The number of rotatable bonds is 6. The Morgan fingerprint density at radius 2 is 1.71 bits per heavy atom. The quantitative estimate of drug-likeness (QED) is 0.759. The molecule has 2 aromatic rings. The van der Waals surface area contributed by atoms with Crippen LogP contribution in [0.1, 0.15) is 18.4 Å². The molecule has 0 aliphatic carbocycles. The van der Waals surface area contributed by atoms with E-state index in [1.165, 1.54) is 0 Å². The fourth-order valence-electron chi connectivity index (χ4n) is 4.09. The first-order valence-electron chi connectivity index (χ1n) is 11.1. The lowest BCUT2D eigenvalue weighted by Gasteiger charge is -2.33. The second kappa shape index (κ2) is 9.96. The third-order valence-corrected chi connectivity index (χ3v) is 6.01. The van der Waals surface area contributed by atoms with E-state index in [9.17, 15) is 4.79 Å². The highest BCUT2D eigenvalue weighted by atomic mass is 16.5. The molecule has 0 bridgehead atoms. The molecule has 2 saturated heterocycles. The van der Waals surface area contributed by atoms with Gasteiger partial charge in [-0.15, -0.1) is 10.2 Å². The molecular formula is C23H32N6O2. The van der Waals surface area contributed by atoms with Gasteiger partial charge >= 0.3 is 0 Å². The van der Waals surface area contributed by atoms with E-state index < -0.39 is 0 Å². The summed E-state index contributed by atoms with van der Waals surface area (Å²) in [7, 11) is 4.04. The number of morpholine rings is 1. The van der Waals surface area contributed by atoms with Crippen LogP contribution in [-0.2, 0) is 16.1 Å². The van der Waals surface area contributed by atoms with Gasteiger partial charge < -0.3 is 24.8 Å². The second-order valence-corrected chi connectivity index (χ2v) is 8.41. The molecule has 4 rings (SSSR count). The Hall–Kier alpha value is -2.87. The van der Waals surface area contributed by atoms with Crippen LogP contribution in [0.5, 0.6) is 0 Å². The molecule has 1 amide bonds. The Balaban J connectivity index is 1.30. The molecule has 0 saturated carbocycles. The van der Waals surface area contributed by atoms with Crippen molar-refractivity contribution in [1.29, 1.82) is 0 Å². The summed E-state index contributed by atoms with van der Waals surface area (Å²) in [6, 6.07) is 12.3. The maximum absolute atomic E-state index is 12.8. The van der Waals surface area contributed by atoms with Gasteiger partial charge in [0.25, 0.3) is 0 Å². The molecule has 166 valence electrons. The topological polar surface area (TPSA) is 73.8 Å². The van der Waals surface area contributed by atoms with Gasteiger partial charge in [0, 0.05) is 52.5 Å². The third kappa shape index (κ3) is 5.44. The van der Waals surface area contributed by atoms with E-state index >= 15 is 0 Å². The van der Waals surface area contributed by atoms with Crippen LogP contribution in [0.4, 0.5) is 17.3 Å². The van der Waals surface area contributed by atoms with Crippen LogP contribution in [0.2, 0.25) is 0 Å². The highest BCUT2D eigenvalue weighted by Gasteiger charge is 2.26. The van der Waals surface area contributed by atoms with Crippen LogP contribution in [0.3, 0.4) is 0 Å². The molecular weight excluding hydrogens is 392 g/mol. The van der Waals surface area contributed by atoms with Gasteiger partial charge in [0.05, 0.1) is 19.1 Å². The predicted octanol–water partition coefficient (Wildman–Crippen LogP) is 1.91. The molecule has 0 spiro atoms. The van der Waals surface area contributed by atoms with Crippen molar-refractivity contribution in [2.75, 3.05) is 68.2 Å². The number of piperidine rings is 1. The minimum Gasteiger partial charge on any atom is -0.378 e. The molecule has 1 atom stereocenters. The van der Waals surface area contributed by atoms with Crippen molar-refractivity contribution >= 4 is 23.2 Å². The number of amides is 1. The van der Waals surface area contributed by atoms with Gasteiger partial charge in [-0.1, -0.05) is 12.1 Å². The van der Waals surface area contributed by atoms with E-state index in [0.717, 1.165) is 68.6 Å². The third-order valence-electron chi connectivity index (χ3n) is 6.01. The molecule has 2 fully saturated rings. The van der Waals surface area contributed by atoms with Crippen molar-refractivity contribution in [1.82, 2.24) is 15.5 Å². The van der Waals surface area contributed by atoms with Crippen molar-refractivity contribution in [2.45, 2.75) is 19.4 Å². The zero-order chi connectivity index (χ0) is 21.6. The highest BCUT2D eigenvalue weighted by molar-refractivity contribution is 5.79. The van der Waals surface area contributed by atoms with Crippen LogP contribution in [0, 0.1) is 5.92 Å². The van der Waals surface area contributed by atoms with E-state index in [2.05, 4.69) is 54.5 Å². The van der Waals surface area contributed by atoms with E-state index in [4.69, 9.17) is 4.74 Å². The molecule has 2 aliphatic rings. The van der Waals surface area contributed by atoms with Gasteiger partial charge in [-0.05, 0) is 42.7 Å².